The number of esters is 1. The zero-order valence-corrected chi connectivity index (χ0v) is 12.5. The molecule has 0 spiro atoms. The lowest BCUT2D eigenvalue weighted by Gasteiger charge is -2.00. The third-order valence-electron chi connectivity index (χ3n) is 2.99. The summed E-state index contributed by atoms with van der Waals surface area (Å²) >= 11 is 12.1. The van der Waals surface area contributed by atoms with Crippen LogP contribution in [-0.4, -0.2) is 11.9 Å². The number of ether oxygens (including phenoxy) is 1. The lowest BCUT2D eigenvalue weighted by atomic mass is 10.2. The van der Waals surface area contributed by atoms with E-state index in [9.17, 15) is 9.18 Å². The van der Waals surface area contributed by atoms with E-state index in [0.29, 0.717) is 21.2 Å². The number of hydrogen-bond donors (Lipinski definition) is 0. The van der Waals surface area contributed by atoms with Gasteiger partial charge in [-0.3, -0.25) is 0 Å². The molecule has 0 aliphatic carbocycles. The van der Waals surface area contributed by atoms with Gasteiger partial charge in [0, 0.05) is 21.2 Å². The summed E-state index contributed by atoms with van der Waals surface area (Å²) < 4.78 is 18.0. The highest BCUT2D eigenvalue weighted by Gasteiger charge is 2.24. The van der Waals surface area contributed by atoms with Gasteiger partial charge in [0.2, 0.25) is 5.90 Å². The van der Waals surface area contributed by atoms with E-state index in [4.69, 9.17) is 27.9 Å². The van der Waals surface area contributed by atoms with E-state index < -0.39 is 5.97 Å². The minimum absolute atomic E-state index is 0.0781. The molecule has 1 aliphatic heterocycles. The molecule has 0 aromatic heterocycles. The summed E-state index contributed by atoms with van der Waals surface area (Å²) in [5.41, 5.74) is 1.07. The molecule has 0 radical (unpaired) electrons. The van der Waals surface area contributed by atoms with Gasteiger partial charge in [-0.2, -0.15) is 0 Å². The maximum absolute atomic E-state index is 12.9. The first kappa shape index (κ1) is 14.8. The van der Waals surface area contributed by atoms with Crippen LogP contribution in [0, 0.1) is 5.82 Å². The molecular weight excluding hydrogens is 328 g/mol. The molecule has 22 heavy (non-hydrogen) atoms. The van der Waals surface area contributed by atoms with Crippen LogP contribution < -0.4 is 0 Å². The van der Waals surface area contributed by atoms with E-state index in [1.807, 2.05) is 0 Å². The number of cyclic esters (lactones) is 1. The van der Waals surface area contributed by atoms with Crippen LogP contribution in [-0.2, 0) is 9.53 Å². The summed E-state index contributed by atoms with van der Waals surface area (Å²) in [6.07, 6.45) is 1.46. The van der Waals surface area contributed by atoms with Gasteiger partial charge in [0.25, 0.3) is 0 Å². The van der Waals surface area contributed by atoms with Gasteiger partial charge in [-0.25, -0.2) is 14.2 Å². The summed E-state index contributed by atoms with van der Waals surface area (Å²) in [4.78, 5) is 16.0. The number of halogens is 3. The Morgan fingerprint density at radius 1 is 1.05 bits per heavy atom. The zero-order chi connectivity index (χ0) is 15.7. The quantitative estimate of drug-likeness (QED) is 0.599. The number of carbonyl (C=O) groups excluding carboxylic acids is 1. The average Bonchev–Trinajstić information content (AvgIpc) is 2.85. The van der Waals surface area contributed by atoms with Crippen LogP contribution in [0.15, 0.2) is 53.2 Å². The monoisotopic (exact) mass is 335 g/mol. The molecule has 2 aromatic carbocycles. The van der Waals surface area contributed by atoms with Crippen LogP contribution >= 0.6 is 23.2 Å². The fourth-order valence-electron chi connectivity index (χ4n) is 1.91. The Bertz CT molecular complexity index is 793. The Kier molecular flexibility index (Phi) is 3.96. The molecule has 0 amide bonds. The van der Waals surface area contributed by atoms with Crippen molar-refractivity contribution in [3.63, 3.8) is 0 Å². The Balaban J connectivity index is 1.99. The van der Waals surface area contributed by atoms with E-state index >= 15 is 0 Å². The Labute approximate surface area is 135 Å². The van der Waals surface area contributed by atoms with Gasteiger partial charge in [-0.1, -0.05) is 29.3 Å². The van der Waals surface area contributed by atoms with Gasteiger partial charge in [-0.05, 0) is 42.5 Å². The second-order valence-electron chi connectivity index (χ2n) is 4.48. The van der Waals surface area contributed by atoms with Crippen molar-refractivity contribution in [2.75, 3.05) is 0 Å². The smallest absolute Gasteiger partial charge is 0.363 e. The first-order valence-corrected chi connectivity index (χ1v) is 7.03. The second-order valence-corrected chi connectivity index (χ2v) is 5.29. The molecule has 0 saturated carbocycles. The van der Waals surface area contributed by atoms with Gasteiger partial charge in [0.05, 0.1) is 0 Å². The number of hydrogen-bond acceptors (Lipinski definition) is 3. The molecule has 6 heteroatoms. The largest absolute Gasteiger partial charge is 0.402 e. The normalized spacial score (nSPS) is 15.9. The molecule has 1 heterocycles. The van der Waals surface area contributed by atoms with Crippen molar-refractivity contribution in [1.29, 1.82) is 0 Å². The number of carbonyl (C=O) groups is 1. The predicted molar refractivity (Wildman–Crippen MR) is 83.5 cm³/mol. The van der Waals surface area contributed by atoms with Gasteiger partial charge >= 0.3 is 5.97 Å². The van der Waals surface area contributed by atoms with Gasteiger partial charge < -0.3 is 4.74 Å². The van der Waals surface area contributed by atoms with Gasteiger partial charge in [0.1, 0.15) is 5.82 Å². The van der Waals surface area contributed by atoms with Crippen LogP contribution in [0.1, 0.15) is 11.1 Å². The number of benzene rings is 2. The van der Waals surface area contributed by atoms with E-state index in [1.165, 1.54) is 30.3 Å². The van der Waals surface area contributed by atoms with Crippen molar-refractivity contribution in [3.8, 4) is 0 Å². The van der Waals surface area contributed by atoms with Gasteiger partial charge in [0.15, 0.2) is 5.70 Å². The number of aliphatic imine (C=N–C) groups is 1. The highest BCUT2D eigenvalue weighted by atomic mass is 35.5. The van der Waals surface area contributed by atoms with Crippen LogP contribution in [0.2, 0.25) is 10.0 Å². The standard InChI is InChI=1S/C16H8Cl2FNO2/c17-12-2-1-3-13(18)11(12)8-14-16(21)22-15(20-14)9-4-6-10(19)7-5-9/h1-8H/b14-8-. The van der Waals surface area contributed by atoms with Gasteiger partial charge in [-0.15, -0.1) is 0 Å². The van der Waals surface area contributed by atoms with Crippen molar-refractivity contribution < 1.29 is 13.9 Å². The van der Waals surface area contributed by atoms with Crippen molar-refractivity contribution in [2.24, 2.45) is 4.99 Å². The summed E-state index contributed by atoms with van der Waals surface area (Å²) in [5, 5.41) is 0.802. The highest BCUT2D eigenvalue weighted by Crippen LogP contribution is 2.28. The SMILES string of the molecule is O=C1OC(c2ccc(F)cc2)=N/C1=C\c1c(Cl)cccc1Cl. The lowest BCUT2D eigenvalue weighted by molar-refractivity contribution is -0.129. The van der Waals surface area contributed by atoms with Crippen molar-refractivity contribution in [3.05, 3.63) is 75.2 Å². The maximum atomic E-state index is 12.9. The number of rotatable bonds is 2. The fourth-order valence-corrected chi connectivity index (χ4v) is 2.42. The summed E-state index contributed by atoms with van der Waals surface area (Å²) in [6.45, 7) is 0. The molecule has 1 aliphatic rings. The van der Waals surface area contributed by atoms with Crippen LogP contribution in [0.4, 0.5) is 4.39 Å². The van der Waals surface area contributed by atoms with Crippen LogP contribution in [0.25, 0.3) is 6.08 Å². The molecule has 0 N–H and O–H groups in total. The fraction of sp³-hybridized carbons (Fsp3) is 0. The summed E-state index contributed by atoms with van der Waals surface area (Å²) in [7, 11) is 0. The molecule has 0 bridgehead atoms. The molecule has 3 nitrogen and oxygen atoms in total. The molecule has 0 fully saturated rings. The van der Waals surface area contributed by atoms with Crippen LogP contribution in [0.3, 0.4) is 0 Å². The van der Waals surface area contributed by atoms with Crippen molar-refractivity contribution in [2.45, 2.75) is 0 Å². The van der Waals surface area contributed by atoms with E-state index in [-0.39, 0.29) is 17.4 Å². The minimum Gasteiger partial charge on any atom is -0.402 e. The highest BCUT2D eigenvalue weighted by molar-refractivity contribution is 6.37. The van der Waals surface area contributed by atoms with Crippen molar-refractivity contribution in [1.82, 2.24) is 0 Å². The van der Waals surface area contributed by atoms with Crippen LogP contribution in [0.5, 0.6) is 0 Å². The molecular formula is C16H8Cl2FNO2. The van der Waals surface area contributed by atoms with Crippen molar-refractivity contribution >= 4 is 41.1 Å². The maximum Gasteiger partial charge on any atom is 0.363 e. The number of nitrogens with zero attached hydrogens (tertiary/aromatic N) is 1. The molecule has 3 rings (SSSR count). The molecule has 0 unspecified atom stereocenters. The first-order chi connectivity index (χ1) is 10.5. The summed E-state index contributed by atoms with van der Waals surface area (Å²) in [6, 6.07) is 10.5. The Hall–Kier alpha value is -2.17. The first-order valence-electron chi connectivity index (χ1n) is 6.27. The molecule has 0 saturated heterocycles. The average molecular weight is 336 g/mol. The Morgan fingerprint density at radius 2 is 1.68 bits per heavy atom. The van der Waals surface area contributed by atoms with E-state index in [1.54, 1.807) is 18.2 Å². The molecule has 110 valence electrons. The third kappa shape index (κ3) is 2.89. The third-order valence-corrected chi connectivity index (χ3v) is 3.65. The van der Waals surface area contributed by atoms with E-state index in [2.05, 4.69) is 4.99 Å². The summed E-state index contributed by atoms with van der Waals surface area (Å²) in [5.74, 6) is -0.887. The lowest BCUT2D eigenvalue weighted by Crippen LogP contribution is -2.05. The topological polar surface area (TPSA) is 38.7 Å². The molecule has 2 aromatic rings. The predicted octanol–water partition coefficient (Wildman–Crippen LogP) is 4.48. The zero-order valence-electron chi connectivity index (χ0n) is 11.0. The Morgan fingerprint density at radius 3 is 2.32 bits per heavy atom. The second kappa shape index (κ2) is 5.91. The minimum atomic E-state index is -0.615. The van der Waals surface area contributed by atoms with E-state index in [0.717, 1.165) is 0 Å². The molecule has 0 atom stereocenters.